The molecule has 88 valence electrons. The standard InChI is InChI=1S/C10H13NO4S/c1-4-15-10(13)11-7-6(2)5-16-8(7)9(12)14-3/h5H,4H2,1-3H3,(H,11,13). The van der Waals surface area contributed by atoms with E-state index in [1.165, 1.54) is 18.4 Å². The SMILES string of the molecule is CCOC(=O)Nc1c(C)csc1C(=O)OC. The number of aryl methyl sites for hydroxylation is 1. The maximum atomic E-state index is 11.4. The van der Waals surface area contributed by atoms with Crippen LogP contribution < -0.4 is 5.32 Å². The second-order valence-electron chi connectivity index (χ2n) is 2.96. The summed E-state index contributed by atoms with van der Waals surface area (Å²) < 4.78 is 9.35. The van der Waals surface area contributed by atoms with E-state index in [0.29, 0.717) is 10.6 Å². The molecule has 0 fully saturated rings. The van der Waals surface area contributed by atoms with Gasteiger partial charge in [-0.2, -0.15) is 0 Å². The fourth-order valence-electron chi connectivity index (χ4n) is 1.11. The molecule has 1 amide bonds. The average Bonchev–Trinajstić information content (AvgIpc) is 2.60. The molecule has 0 atom stereocenters. The lowest BCUT2D eigenvalue weighted by Gasteiger charge is -2.06. The Morgan fingerprint density at radius 2 is 2.19 bits per heavy atom. The summed E-state index contributed by atoms with van der Waals surface area (Å²) in [6.45, 7) is 3.79. The second-order valence-corrected chi connectivity index (χ2v) is 3.84. The molecule has 0 saturated carbocycles. The van der Waals surface area contributed by atoms with E-state index in [9.17, 15) is 9.59 Å². The molecule has 5 nitrogen and oxygen atoms in total. The first-order valence-electron chi connectivity index (χ1n) is 4.70. The summed E-state index contributed by atoms with van der Waals surface area (Å²) in [5.41, 5.74) is 1.26. The van der Waals surface area contributed by atoms with E-state index in [2.05, 4.69) is 10.1 Å². The highest BCUT2D eigenvalue weighted by atomic mass is 32.1. The Kier molecular flexibility index (Phi) is 4.30. The van der Waals surface area contributed by atoms with Crippen molar-refractivity contribution in [3.05, 3.63) is 15.8 Å². The third kappa shape index (κ3) is 2.73. The van der Waals surface area contributed by atoms with Crippen molar-refractivity contribution in [1.29, 1.82) is 0 Å². The molecule has 1 N–H and O–H groups in total. The van der Waals surface area contributed by atoms with E-state index in [4.69, 9.17) is 4.74 Å². The number of rotatable bonds is 3. The van der Waals surface area contributed by atoms with Crippen molar-refractivity contribution in [1.82, 2.24) is 0 Å². The van der Waals surface area contributed by atoms with Gasteiger partial charge in [0.15, 0.2) is 0 Å². The van der Waals surface area contributed by atoms with Gasteiger partial charge in [-0.1, -0.05) is 0 Å². The second kappa shape index (κ2) is 5.50. The number of nitrogens with one attached hydrogen (secondary N) is 1. The van der Waals surface area contributed by atoms with Crippen LogP contribution in [0.2, 0.25) is 0 Å². The lowest BCUT2D eigenvalue weighted by Crippen LogP contribution is -2.15. The summed E-state index contributed by atoms with van der Waals surface area (Å²) in [5, 5.41) is 4.30. The van der Waals surface area contributed by atoms with Crippen LogP contribution in [0.1, 0.15) is 22.2 Å². The van der Waals surface area contributed by atoms with Gasteiger partial charge in [0.05, 0.1) is 19.4 Å². The van der Waals surface area contributed by atoms with E-state index in [-0.39, 0.29) is 6.61 Å². The smallest absolute Gasteiger partial charge is 0.411 e. The quantitative estimate of drug-likeness (QED) is 0.828. The fraction of sp³-hybridized carbons (Fsp3) is 0.400. The number of hydrogen-bond acceptors (Lipinski definition) is 5. The largest absolute Gasteiger partial charge is 0.465 e. The van der Waals surface area contributed by atoms with E-state index in [1.807, 2.05) is 0 Å². The van der Waals surface area contributed by atoms with Crippen LogP contribution in [0.5, 0.6) is 0 Å². The third-order valence-corrected chi connectivity index (χ3v) is 2.93. The Morgan fingerprint density at radius 3 is 2.75 bits per heavy atom. The normalized spacial score (nSPS) is 9.69. The molecule has 0 radical (unpaired) electrons. The lowest BCUT2D eigenvalue weighted by atomic mass is 10.3. The van der Waals surface area contributed by atoms with Gasteiger partial charge in [-0.15, -0.1) is 11.3 Å². The number of esters is 1. The molecule has 0 saturated heterocycles. The molecule has 16 heavy (non-hydrogen) atoms. The molecule has 0 spiro atoms. The summed E-state index contributed by atoms with van der Waals surface area (Å²) in [6.07, 6.45) is -0.575. The van der Waals surface area contributed by atoms with Gasteiger partial charge in [0.25, 0.3) is 0 Å². The monoisotopic (exact) mass is 243 g/mol. The summed E-state index contributed by atoms with van der Waals surface area (Å²) >= 11 is 1.22. The molecular weight excluding hydrogens is 230 g/mol. The van der Waals surface area contributed by atoms with Crippen LogP contribution in [0.15, 0.2) is 5.38 Å². The molecule has 0 unspecified atom stereocenters. The van der Waals surface area contributed by atoms with E-state index in [0.717, 1.165) is 5.56 Å². The Morgan fingerprint density at radius 1 is 1.50 bits per heavy atom. The Hall–Kier alpha value is -1.56. The highest BCUT2D eigenvalue weighted by Gasteiger charge is 2.18. The lowest BCUT2D eigenvalue weighted by molar-refractivity contribution is 0.0607. The predicted octanol–water partition coefficient (Wildman–Crippen LogP) is 2.41. The minimum absolute atomic E-state index is 0.280. The van der Waals surface area contributed by atoms with Crippen molar-refractivity contribution in [2.45, 2.75) is 13.8 Å². The molecule has 1 heterocycles. The number of carbonyl (C=O) groups is 2. The zero-order valence-electron chi connectivity index (χ0n) is 9.33. The number of thiophene rings is 1. The number of anilines is 1. The molecule has 6 heteroatoms. The van der Waals surface area contributed by atoms with E-state index >= 15 is 0 Å². The van der Waals surface area contributed by atoms with Gasteiger partial charge in [0.1, 0.15) is 4.88 Å². The van der Waals surface area contributed by atoms with Crippen LogP contribution >= 0.6 is 11.3 Å². The van der Waals surface area contributed by atoms with Gasteiger partial charge in [-0.3, -0.25) is 5.32 Å². The molecule has 0 bridgehead atoms. The van der Waals surface area contributed by atoms with Crippen molar-refractivity contribution < 1.29 is 19.1 Å². The van der Waals surface area contributed by atoms with Crippen molar-refractivity contribution in [2.24, 2.45) is 0 Å². The Labute approximate surface area is 97.4 Å². The summed E-state index contributed by atoms with van der Waals surface area (Å²) in [5.74, 6) is -0.468. The van der Waals surface area contributed by atoms with Crippen molar-refractivity contribution in [3.8, 4) is 0 Å². The van der Waals surface area contributed by atoms with Gasteiger partial charge in [0, 0.05) is 0 Å². The molecule has 0 aliphatic rings. The van der Waals surface area contributed by atoms with Crippen LogP contribution in [0.25, 0.3) is 0 Å². The highest BCUT2D eigenvalue weighted by Crippen LogP contribution is 2.28. The fourth-order valence-corrected chi connectivity index (χ4v) is 2.03. The first-order chi connectivity index (χ1) is 7.60. The van der Waals surface area contributed by atoms with Crippen molar-refractivity contribution in [2.75, 3.05) is 19.0 Å². The van der Waals surface area contributed by atoms with Crippen LogP contribution in [0.4, 0.5) is 10.5 Å². The van der Waals surface area contributed by atoms with Gasteiger partial charge in [0.2, 0.25) is 0 Å². The Bertz CT molecular complexity index is 400. The van der Waals surface area contributed by atoms with Crippen LogP contribution in [-0.4, -0.2) is 25.8 Å². The Balaban J connectivity index is 2.89. The summed E-state index contributed by atoms with van der Waals surface area (Å²) in [7, 11) is 1.30. The number of methoxy groups -OCH3 is 1. The first-order valence-corrected chi connectivity index (χ1v) is 5.58. The summed E-state index contributed by atoms with van der Waals surface area (Å²) in [4.78, 5) is 23.0. The van der Waals surface area contributed by atoms with E-state index < -0.39 is 12.1 Å². The number of carbonyl (C=O) groups excluding carboxylic acids is 2. The van der Waals surface area contributed by atoms with Crippen LogP contribution in [-0.2, 0) is 9.47 Å². The molecule has 0 aliphatic carbocycles. The third-order valence-electron chi connectivity index (χ3n) is 1.85. The number of hydrogen-bond donors (Lipinski definition) is 1. The highest BCUT2D eigenvalue weighted by molar-refractivity contribution is 7.12. The molecule has 1 aromatic rings. The molecule has 1 aromatic heterocycles. The number of ether oxygens (including phenoxy) is 2. The summed E-state index contributed by atoms with van der Waals surface area (Å²) in [6, 6.07) is 0. The van der Waals surface area contributed by atoms with E-state index in [1.54, 1.807) is 19.2 Å². The van der Waals surface area contributed by atoms with Crippen molar-refractivity contribution >= 4 is 29.1 Å². The molecule has 0 aliphatic heterocycles. The zero-order chi connectivity index (χ0) is 12.1. The minimum atomic E-state index is -0.575. The van der Waals surface area contributed by atoms with Gasteiger partial charge < -0.3 is 9.47 Å². The van der Waals surface area contributed by atoms with Gasteiger partial charge in [-0.25, -0.2) is 9.59 Å². The number of amides is 1. The molecule has 0 aromatic carbocycles. The molecular formula is C10H13NO4S. The van der Waals surface area contributed by atoms with Crippen LogP contribution in [0.3, 0.4) is 0 Å². The zero-order valence-corrected chi connectivity index (χ0v) is 10.1. The van der Waals surface area contributed by atoms with Gasteiger partial charge in [-0.05, 0) is 24.8 Å². The topological polar surface area (TPSA) is 64.6 Å². The maximum absolute atomic E-state index is 11.4. The van der Waals surface area contributed by atoms with Crippen molar-refractivity contribution in [3.63, 3.8) is 0 Å². The maximum Gasteiger partial charge on any atom is 0.411 e. The molecule has 1 rings (SSSR count). The minimum Gasteiger partial charge on any atom is -0.465 e. The van der Waals surface area contributed by atoms with Gasteiger partial charge >= 0.3 is 12.1 Å². The average molecular weight is 243 g/mol. The van der Waals surface area contributed by atoms with Crippen LogP contribution in [0, 0.1) is 6.92 Å². The first kappa shape index (κ1) is 12.5. The predicted molar refractivity (Wildman–Crippen MR) is 61.0 cm³/mol.